The monoisotopic (exact) mass is 228 g/mol. The van der Waals surface area contributed by atoms with Gasteiger partial charge in [-0.2, -0.15) is 0 Å². The molecule has 0 spiro atoms. The molecule has 0 saturated carbocycles. The molecule has 0 saturated heterocycles. The molecular formula is C10H13BrO. The third kappa shape index (κ3) is 2.52. The topological polar surface area (TPSA) is 13.1 Å². The predicted octanol–water partition coefficient (Wildman–Crippen LogP) is 3.71. The smallest absolute Gasteiger partial charge is 0.126 e. The first-order chi connectivity index (χ1) is 5.74. The molecule has 0 N–H and O–H groups in total. The molecule has 0 radical (unpaired) electrons. The van der Waals surface area contributed by atoms with Crippen molar-refractivity contribution in [2.75, 3.05) is 5.33 Å². The van der Waals surface area contributed by atoms with Gasteiger partial charge in [-0.05, 0) is 31.1 Å². The van der Waals surface area contributed by atoms with Gasteiger partial charge in [0.25, 0.3) is 0 Å². The lowest BCUT2D eigenvalue weighted by Gasteiger charge is -2.06. The highest BCUT2D eigenvalue weighted by atomic mass is 79.9. The third-order valence-corrected chi connectivity index (χ3v) is 2.89. The van der Waals surface area contributed by atoms with Gasteiger partial charge in [0.1, 0.15) is 5.76 Å². The van der Waals surface area contributed by atoms with Crippen molar-refractivity contribution >= 4 is 22.0 Å². The Morgan fingerprint density at radius 3 is 3.00 bits per heavy atom. The average Bonchev–Trinajstić information content (AvgIpc) is 2.55. The summed E-state index contributed by atoms with van der Waals surface area (Å²) in [4.78, 5) is 0. The maximum Gasteiger partial charge on any atom is 0.126 e. The Kier molecular flexibility index (Phi) is 3.60. The van der Waals surface area contributed by atoms with E-state index >= 15 is 0 Å². The summed E-state index contributed by atoms with van der Waals surface area (Å²) in [6, 6.07) is 3.86. The SMILES string of the molecule is C/C(=C\c1ccco1)C(C)CBr. The minimum atomic E-state index is 0.565. The zero-order valence-corrected chi connectivity index (χ0v) is 8.97. The minimum Gasteiger partial charge on any atom is -0.465 e. The first-order valence-corrected chi connectivity index (χ1v) is 5.14. The zero-order valence-electron chi connectivity index (χ0n) is 7.38. The molecule has 0 fully saturated rings. The third-order valence-electron chi connectivity index (χ3n) is 1.92. The molecule has 0 aliphatic carbocycles. The fraction of sp³-hybridized carbons (Fsp3) is 0.400. The maximum absolute atomic E-state index is 5.21. The van der Waals surface area contributed by atoms with Gasteiger partial charge in [0.05, 0.1) is 6.26 Å². The second kappa shape index (κ2) is 4.51. The number of rotatable bonds is 3. The van der Waals surface area contributed by atoms with Crippen LogP contribution in [0, 0.1) is 5.92 Å². The van der Waals surface area contributed by atoms with E-state index in [1.807, 2.05) is 12.1 Å². The van der Waals surface area contributed by atoms with Gasteiger partial charge in [-0.15, -0.1) is 0 Å². The Morgan fingerprint density at radius 2 is 2.50 bits per heavy atom. The zero-order chi connectivity index (χ0) is 8.97. The number of alkyl halides is 1. The Labute approximate surface area is 81.6 Å². The van der Waals surface area contributed by atoms with Crippen LogP contribution in [0.2, 0.25) is 0 Å². The van der Waals surface area contributed by atoms with Crippen LogP contribution in [0.4, 0.5) is 0 Å². The van der Waals surface area contributed by atoms with Gasteiger partial charge in [0.2, 0.25) is 0 Å². The Morgan fingerprint density at radius 1 is 1.75 bits per heavy atom. The van der Waals surface area contributed by atoms with Gasteiger partial charge in [-0.1, -0.05) is 28.4 Å². The van der Waals surface area contributed by atoms with Crippen LogP contribution in [0.25, 0.3) is 6.08 Å². The summed E-state index contributed by atoms with van der Waals surface area (Å²) in [6.45, 7) is 4.30. The van der Waals surface area contributed by atoms with Crippen LogP contribution in [0.3, 0.4) is 0 Å². The van der Waals surface area contributed by atoms with Gasteiger partial charge >= 0.3 is 0 Å². The Hall–Kier alpha value is -0.500. The molecular weight excluding hydrogens is 216 g/mol. The summed E-state index contributed by atoms with van der Waals surface area (Å²) in [6.07, 6.45) is 3.77. The first kappa shape index (κ1) is 9.59. The first-order valence-electron chi connectivity index (χ1n) is 4.01. The summed E-state index contributed by atoms with van der Waals surface area (Å²) < 4.78 is 5.21. The molecule has 1 unspecified atom stereocenters. The van der Waals surface area contributed by atoms with E-state index in [-0.39, 0.29) is 0 Å². The standard InChI is InChI=1S/C10H13BrO/c1-8(9(2)7-11)6-10-4-3-5-12-10/h3-6,9H,7H2,1-2H3/b8-6+. The van der Waals surface area contributed by atoms with Crippen molar-refractivity contribution < 1.29 is 4.42 Å². The van der Waals surface area contributed by atoms with Crippen LogP contribution >= 0.6 is 15.9 Å². The summed E-state index contributed by atoms with van der Waals surface area (Å²) in [7, 11) is 0. The van der Waals surface area contributed by atoms with Crippen molar-refractivity contribution in [2.45, 2.75) is 13.8 Å². The molecule has 0 aromatic carbocycles. The van der Waals surface area contributed by atoms with Crippen LogP contribution in [0.15, 0.2) is 28.4 Å². The summed E-state index contributed by atoms with van der Waals surface area (Å²) in [5, 5.41) is 0.996. The molecule has 1 heterocycles. The van der Waals surface area contributed by atoms with E-state index in [0.717, 1.165) is 11.1 Å². The molecule has 2 heteroatoms. The van der Waals surface area contributed by atoms with E-state index in [2.05, 4.69) is 35.9 Å². The Bertz CT molecular complexity index is 249. The highest BCUT2D eigenvalue weighted by Gasteiger charge is 2.02. The lowest BCUT2D eigenvalue weighted by molar-refractivity contribution is 0.555. The van der Waals surface area contributed by atoms with Crippen LogP contribution in [0.1, 0.15) is 19.6 Å². The number of halogens is 1. The fourth-order valence-corrected chi connectivity index (χ4v) is 1.37. The van der Waals surface area contributed by atoms with Gasteiger partial charge < -0.3 is 4.42 Å². The molecule has 1 atom stereocenters. The van der Waals surface area contributed by atoms with Gasteiger partial charge in [-0.25, -0.2) is 0 Å². The van der Waals surface area contributed by atoms with E-state index in [1.54, 1.807) is 6.26 Å². The molecule has 66 valence electrons. The molecule has 0 bridgehead atoms. The van der Waals surface area contributed by atoms with Gasteiger partial charge in [0, 0.05) is 5.33 Å². The number of hydrogen-bond acceptors (Lipinski definition) is 1. The lowest BCUT2D eigenvalue weighted by Crippen LogP contribution is -1.96. The summed E-state index contributed by atoms with van der Waals surface area (Å²) >= 11 is 3.45. The van der Waals surface area contributed by atoms with E-state index < -0.39 is 0 Å². The number of furan rings is 1. The van der Waals surface area contributed by atoms with Gasteiger partial charge in [0.15, 0.2) is 0 Å². The normalized spacial score (nSPS) is 14.8. The number of allylic oxidation sites excluding steroid dienone is 1. The van der Waals surface area contributed by atoms with Crippen LogP contribution < -0.4 is 0 Å². The van der Waals surface area contributed by atoms with Crippen LogP contribution in [-0.4, -0.2) is 5.33 Å². The largest absolute Gasteiger partial charge is 0.465 e. The molecule has 1 aromatic heterocycles. The summed E-state index contributed by atoms with van der Waals surface area (Å²) in [5.74, 6) is 1.50. The highest BCUT2D eigenvalue weighted by molar-refractivity contribution is 9.09. The maximum atomic E-state index is 5.21. The quantitative estimate of drug-likeness (QED) is 0.720. The molecule has 12 heavy (non-hydrogen) atoms. The summed E-state index contributed by atoms with van der Waals surface area (Å²) in [5.41, 5.74) is 1.34. The fourth-order valence-electron chi connectivity index (χ4n) is 0.862. The predicted molar refractivity (Wildman–Crippen MR) is 55.3 cm³/mol. The molecule has 1 aromatic rings. The van der Waals surface area contributed by atoms with Crippen molar-refractivity contribution in [2.24, 2.45) is 5.92 Å². The Balaban J connectivity index is 2.69. The second-order valence-corrected chi connectivity index (χ2v) is 3.61. The van der Waals surface area contributed by atoms with Crippen molar-refractivity contribution in [1.29, 1.82) is 0 Å². The van der Waals surface area contributed by atoms with E-state index in [0.29, 0.717) is 5.92 Å². The lowest BCUT2D eigenvalue weighted by atomic mass is 10.0. The van der Waals surface area contributed by atoms with Crippen molar-refractivity contribution in [1.82, 2.24) is 0 Å². The van der Waals surface area contributed by atoms with Crippen LogP contribution in [0.5, 0.6) is 0 Å². The molecule has 0 aliphatic heterocycles. The minimum absolute atomic E-state index is 0.565. The molecule has 0 aliphatic rings. The molecule has 1 nitrogen and oxygen atoms in total. The van der Waals surface area contributed by atoms with Crippen molar-refractivity contribution in [3.63, 3.8) is 0 Å². The number of hydrogen-bond donors (Lipinski definition) is 0. The van der Waals surface area contributed by atoms with Crippen molar-refractivity contribution in [3.05, 3.63) is 29.7 Å². The molecule has 0 amide bonds. The van der Waals surface area contributed by atoms with E-state index in [9.17, 15) is 0 Å². The van der Waals surface area contributed by atoms with Gasteiger partial charge in [-0.3, -0.25) is 0 Å². The molecule has 1 rings (SSSR count). The highest BCUT2D eigenvalue weighted by Crippen LogP contribution is 2.16. The van der Waals surface area contributed by atoms with Crippen LogP contribution in [-0.2, 0) is 0 Å². The van der Waals surface area contributed by atoms with E-state index in [4.69, 9.17) is 4.42 Å². The van der Waals surface area contributed by atoms with E-state index in [1.165, 1.54) is 5.57 Å². The average molecular weight is 229 g/mol. The second-order valence-electron chi connectivity index (χ2n) is 2.96. The van der Waals surface area contributed by atoms with Crippen molar-refractivity contribution in [3.8, 4) is 0 Å².